The van der Waals surface area contributed by atoms with Crippen LogP contribution in [0.15, 0.2) is 18.2 Å². The number of alkyl carbamates (subject to hydrolysis) is 1. The van der Waals surface area contributed by atoms with Gasteiger partial charge >= 0.3 is 12.1 Å². The number of nitrogens with one attached hydrogen (secondary N) is 3. The van der Waals surface area contributed by atoms with Crippen molar-refractivity contribution in [1.29, 1.82) is 0 Å². The summed E-state index contributed by atoms with van der Waals surface area (Å²) in [5.74, 6) is -0.485. The first-order valence-electron chi connectivity index (χ1n) is 10.8. The topological polar surface area (TPSA) is 120 Å². The Hall–Kier alpha value is -2.68. The zero-order valence-corrected chi connectivity index (χ0v) is 19.4. The number of hydrogen-bond donors (Lipinski definition) is 4. The minimum absolute atomic E-state index is 0.00696. The monoisotopic (exact) mass is 466 g/mol. The van der Waals surface area contributed by atoms with Gasteiger partial charge in [-0.2, -0.15) is 0 Å². The predicted octanol–water partition coefficient (Wildman–Crippen LogP) is 3.46. The van der Waals surface area contributed by atoms with Crippen LogP contribution >= 0.6 is 11.6 Å². The molecule has 4 N–H and O–H groups in total. The smallest absolute Gasteiger partial charge is 0.407 e. The summed E-state index contributed by atoms with van der Waals surface area (Å²) in [5, 5.41) is 18.8. The fraction of sp³-hybridized carbons (Fsp3) is 0.591. The zero-order valence-electron chi connectivity index (χ0n) is 18.6. The molecule has 0 spiro atoms. The summed E-state index contributed by atoms with van der Waals surface area (Å²) in [7, 11) is 0. The Labute approximate surface area is 192 Å². The number of hydrogen-bond acceptors (Lipinski definition) is 5. The van der Waals surface area contributed by atoms with E-state index in [1.807, 2.05) is 20.8 Å². The molecule has 0 atom stereocenters. The molecule has 9 nitrogen and oxygen atoms in total. The van der Waals surface area contributed by atoms with Gasteiger partial charge in [-0.25, -0.2) is 9.59 Å². The van der Waals surface area contributed by atoms with E-state index in [2.05, 4.69) is 16.0 Å². The number of amides is 4. The number of piperidine rings is 1. The molecule has 0 bridgehead atoms. The number of benzene rings is 1. The summed E-state index contributed by atoms with van der Waals surface area (Å²) >= 11 is 5.92. The van der Waals surface area contributed by atoms with E-state index in [-0.39, 0.29) is 41.4 Å². The molecular formula is C22H31ClN4O5. The molecule has 1 saturated carbocycles. The molecule has 3 rings (SSSR count). The Kier molecular flexibility index (Phi) is 7.38. The minimum atomic E-state index is -0.543. The molecule has 10 heteroatoms. The number of likely N-dealkylation sites (tertiary alicyclic amines) is 1. The number of nitrogens with zero attached hydrogens (tertiary/aromatic N) is 1. The zero-order chi connectivity index (χ0) is 23.5. The van der Waals surface area contributed by atoms with Crippen molar-refractivity contribution < 1.29 is 24.2 Å². The molecule has 1 heterocycles. The molecule has 32 heavy (non-hydrogen) atoms. The number of anilines is 1. The highest BCUT2D eigenvalue weighted by Gasteiger charge is 2.34. The summed E-state index contributed by atoms with van der Waals surface area (Å²) in [4.78, 5) is 38.5. The van der Waals surface area contributed by atoms with Crippen LogP contribution in [0.2, 0.25) is 5.02 Å². The van der Waals surface area contributed by atoms with Gasteiger partial charge in [0.2, 0.25) is 5.91 Å². The second kappa shape index (κ2) is 9.85. The first-order valence-corrected chi connectivity index (χ1v) is 11.2. The number of carbonyl (C=O) groups is 3. The third kappa shape index (κ3) is 6.66. The molecule has 0 unspecified atom stereocenters. The van der Waals surface area contributed by atoms with E-state index in [0.29, 0.717) is 43.8 Å². The number of rotatable bonds is 4. The highest BCUT2D eigenvalue weighted by atomic mass is 35.5. The van der Waals surface area contributed by atoms with E-state index < -0.39 is 11.7 Å². The van der Waals surface area contributed by atoms with Crippen molar-refractivity contribution in [1.82, 2.24) is 15.5 Å². The molecule has 0 aromatic heterocycles. The number of phenols is 1. The van der Waals surface area contributed by atoms with Gasteiger partial charge in [0, 0.05) is 36.1 Å². The van der Waals surface area contributed by atoms with Crippen molar-refractivity contribution in [3.63, 3.8) is 0 Å². The van der Waals surface area contributed by atoms with E-state index in [4.69, 9.17) is 16.3 Å². The van der Waals surface area contributed by atoms with Crippen molar-refractivity contribution >= 4 is 35.3 Å². The predicted molar refractivity (Wildman–Crippen MR) is 121 cm³/mol. The molecule has 1 saturated heterocycles. The number of phenolic OH excluding ortho intramolecular Hbond substituents is 1. The maximum Gasteiger partial charge on any atom is 0.407 e. The Morgan fingerprint density at radius 3 is 2.34 bits per heavy atom. The molecular weight excluding hydrogens is 436 g/mol. The molecule has 1 aromatic rings. The fourth-order valence-electron chi connectivity index (χ4n) is 3.78. The Bertz CT molecular complexity index is 858. The van der Waals surface area contributed by atoms with Crippen LogP contribution in [0, 0.1) is 5.92 Å². The van der Waals surface area contributed by atoms with E-state index >= 15 is 0 Å². The summed E-state index contributed by atoms with van der Waals surface area (Å²) in [6.07, 6.45) is 1.95. The highest BCUT2D eigenvalue weighted by molar-refractivity contribution is 6.31. The fourth-order valence-corrected chi connectivity index (χ4v) is 3.95. The lowest BCUT2D eigenvalue weighted by Crippen LogP contribution is -2.57. The van der Waals surface area contributed by atoms with Crippen molar-refractivity contribution in [3.05, 3.63) is 23.2 Å². The van der Waals surface area contributed by atoms with Crippen LogP contribution in [0.3, 0.4) is 0 Å². The number of ether oxygens (including phenoxy) is 1. The average Bonchev–Trinajstić information content (AvgIpc) is 2.67. The van der Waals surface area contributed by atoms with E-state index in [0.717, 1.165) is 0 Å². The van der Waals surface area contributed by atoms with Gasteiger partial charge in [0.05, 0.1) is 5.69 Å². The van der Waals surface area contributed by atoms with Crippen molar-refractivity contribution in [3.8, 4) is 5.75 Å². The van der Waals surface area contributed by atoms with Gasteiger partial charge in [0.1, 0.15) is 11.4 Å². The van der Waals surface area contributed by atoms with Gasteiger partial charge in [0.15, 0.2) is 0 Å². The Balaban J connectivity index is 1.36. The standard InChI is InChI=1S/C22H31ClN4O5/c1-22(2,3)32-21(31)25-16-11-15(12-16)24-20(30)27-8-6-13(7-9-27)19(29)26-17-10-14(23)4-5-18(17)28/h4-5,10,13,15-16,28H,6-9,11-12H2,1-3H3,(H,24,30)(H,25,31)(H,26,29). The molecule has 1 aliphatic carbocycles. The first-order chi connectivity index (χ1) is 15.0. The molecule has 1 aromatic carbocycles. The lowest BCUT2D eigenvalue weighted by Gasteiger charge is -2.39. The van der Waals surface area contributed by atoms with Gasteiger partial charge in [-0.05, 0) is 64.7 Å². The normalized spacial score (nSPS) is 21.3. The van der Waals surface area contributed by atoms with Gasteiger partial charge in [-0.1, -0.05) is 11.6 Å². The number of carbonyl (C=O) groups excluding carboxylic acids is 3. The lowest BCUT2D eigenvalue weighted by atomic mass is 9.87. The van der Waals surface area contributed by atoms with E-state index in [1.54, 1.807) is 11.0 Å². The van der Waals surface area contributed by atoms with Crippen LogP contribution in [-0.4, -0.2) is 58.8 Å². The third-order valence-electron chi connectivity index (χ3n) is 5.56. The van der Waals surface area contributed by atoms with Gasteiger partial charge < -0.3 is 30.7 Å². The molecule has 1 aliphatic heterocycles. The summed E-state index contributed by atoms with van der Waals surface area (Å²) in [6.45, 7) is 6.37. The average molecular weight is 467 g/mol. The molecule has 4 amide bonds. The van der Waals surface area contributed by atoms with E-state index in [9.17, 15) is 19.5 Å². The summed E-state index contributed by atoms with van der Waals surface area (Å²) in [6, 6.07) is 4.32. The van der Waals surface area contributed by atoms with Gasteiger partial charge in [0.25, 0.3) is 0 Å². The lowest BCUT2D eigenvalue weighted by molar-refractivity contribution is -0.121. The van der Waals surface area contributed by atoms with Gasteiger partial charge in [-0.3, -0.25) is 4.79 Å². The van der Waals surface area contributed by atoms with Crippen LogP contribution in [0.4, 0.5) is 15.3 Å². The Morgan fingerprint density at radius 1 is 1.09 bits per heavy atom. The molecule has 2 aliphatic rings. The highest BCUT2D eigenvalue weighted by Crippen LogP contribution is 2.28. The van der Waals surface area contributed by atoms with Crippen LogP contribution in [0.5, 0.6) is 5.75 Å². The van der Waals surface area contributed by atoms with Crippen LogP contribution in [-0.2, 0) is 9.53 Å². The summed E-state index contributed by atoms with van der Waals surface area (Å²) < 4.78 is 5.24. The second-order valence-corrected chi connectivity index (χ2v) is 9.81. The quantitative estimate of drug-likeness (QED) is 0.506. The van der Waals surface area contributed by atoms with Crippen LogP contribution < -0.4 is 16.0 Å². The largest absolute Gasteiger partial charge is 0.506 e. The van der Waals surface area contributed by atoms with Crippen LogP contribution in [0.1, 0.15) is 46.5 Å². The SMILES string of the molecule is CC(C)(C)OC(=O)NC1CC(NC(=O)N2CCC(C(=O)Nc3cc(Cl)ccc3O)CC2)C1. The maximum absolute atomic E-state index is 12.5. The van der Waals surface area contributed by atoms with Crippen molar-refractivity contribution in [2.45, 2.75) is 64.1 Å². The van der Waals surface area contributed by atoms with Crippen molar-refractivity contribution in [2.75, 3.05) is 18.4 Å². The van der Waals surface area contributed by atoms with E-state index in [1.165, 1.54) is 12.1 Å². The maximum atomic E-state index is 12.5. The Morgan fingerprint density at radius 2 is 1.72 bits per heavy atom. The number of halogens is 1. The van der Waals surface area contributed by atoms with Gasteiger partial charge in [-0.15, -0.1) is 0 Å². The first kappa shape index (κ1) is 24.0. The third-order valence-corrected chi connectivity index (χ3v) is 5.79. The molecule has 0 radical (unpaired) electrons. The van der Waals surface area contributed by atoms with Crippen molar-refractivity contribution in [2.24, 2.45) is 5.92 Å². The number of aromatic hydroxyl groups is 1. The minimum Gasteiger partial charge on any atom is -0.506 e. The summed E-state index contributed by atoms with van der Waals surface area (Å²) in [5.41, 5.74) is -0.263. The van der Waals surface area contributed by atoms with Crippen LogP contribution in [0.25, 0.3) is 0 Å². The number of urea groups is 1. The second-order valence-electron chi connectivity index (χ2n) is 9.37. The molecule has 2 fully saturated rings. The molecule has 176 valence electrons.